The molecule has 0 aliphatic rings. The molecule has 2 aromatic carbocycles. The second-order valence-electron chi connectivity index (χ2n) is 5.36. The van der Waals surface area contributed by atoms with Gasteiger partial charge in [-0.2, -0.15) is 4.89 Å². The maximum atomic E-state index is 11.6. The van der Waals surface area contributed by atoms with Gasteiger partial charge >= 0.3 is 5.97 Å². The van der Waals surface area contributed by atoms with Crippen molar-refractivity contribution >= 4 is 5.97 Å². The topological polar surface area (TPSA) is 102 Å². The van der Waals surface area contributed by atoms with Crippen molar-refractivity contribution in [3.63, 3.8) is 0 Å². The molecule has 3 atom stereocenters. The summed E-state index contributed by atoms with van der Waals surface area (Å²) in [6, 6.07) is 18.0. The Morgan fingerprint density at radius 2 is 1.54 bits per heavy atom. The second kappa shape index (κ2) is 9.14. The number of aliphatic hydroxyl groups is 2. The van der Waals surface area contributed by atoms with Crippen molar-refractivity contribution in [3.8, 4) is 0 Å². The van der Waals surface area contributed by atoms with Gasteiger partial charge in [0.1, 0.15) is 6.10 Å². The van der Waals surface area contributed by atoms with Crippen LogP contribution in [-0.2, 0) is 14.6 Å². The zero-order valence-corrected chi connectivity index (χ0v) is 13.1. The van der Waals surface area contributed by atoms with Gasteiger partial charge < -0.3 is 15.9 Å². The molecule has 0 heterocycles. The number of hydrogen-bond acceptors (Lipinski definition) is 6. The van der Waals surface area contributed by atoms with Crippen LogP contribution in [0, 0.1) is 0 Å². The lowest BCUT2D eigenvalue weighted by Crippen LogP contribution is -2.25. The fraction of sp³-hybridized carbons (Fsp3) is 0.278. The molecule has 0 bridgehead atoms. The molecule has 6 nitrogen and oxygen atoms in total. The van der Waals surface area contributed by atoms with E-state index in [9.17, 15) is 9.90 Å². The van der Waals surface area contributed by atoms with Crippen LogP contribution in [0.3, 0.4) is 0 Å². The Labute approximate surface area is 140 Å². The van der Waals surface area contributed by atoms with Crippen LogP contribution in [-0.4, -0.2) is 28.9 Å². The Morgan fingerprint density at radius 1 is 1.00 bits per heavy atom. The van der Waals surface area contributed by atoms with Gasteiger partial charge in [0.2, 0.25) is 0 Å². The highest BCUT2D eigenvalue weighted by molar-refractivity contribution is 5.69. The monoisotopic (exact) mass is 331 g/mol. The molecule has 0 amide bonds. The van der Waals surface area contributed by atoms with Gasteiger partial charge in [0, 0.05) is 0 Å². The lowest BCUT2D eigenvalue weighted by atomic mass is 9.97. The molecule has 0 aromatic heterocycles. The summed E-state index contributed by atoms with van der Waals surface area (Å²) in [5, 5.41) is 18.0. The molecule has 0 spiro atoms. The smallest absolute Gasteiger partial charge is 0.345 e. The van der Waals surface area contributed by atoms with Gasteiger partial charge in [-0.1, -0.05) is 60.7 Å². The molecular formula is C18H21NO5. The third kappa shape index (κ3) is 5.14. The predicted octanol–water partition coefficient (Wildman–Crippen LogP) is 1.65. The van der Waals surface area contributed by atoms with Gasteiger partial charge in [-0.3, -0.25) is 4.89 Å². The average Bonchev–Trinajstić information content (AvgIpc) is 2.63. The zero-order valence-electron chi connectivity index (χ0n) is 13.1. The van der Waals surface area contributed by atoms with E-state index in [2.05, 4.69) is 0 Å². The van der Waals surface area contributed by atoms with Crippen molar-refractivity contribution < 1.29 is 24.8 Å². The van der Waals surface area contributed by atoms with Crippen LogP contribution in [0.4, 0.5) is 0 Å². The van der Waals surface area contributed by atoms with E-state index in [-0.39, 0.29) is 6.42 Å². The fourth-order valence-corrected chi connectivity index (χ4v) is 2.21. The van der Waals surface area contributed by atoms with Gasteiger partial charge in [0.25, 0.3) is 0 Å². The minimum atomic E-state index is -1.18. The summed E-state index contributed by atoms with van der Waals surface area (Å²) < 4.78 is 0. The van der Waals surface area contributed by atoms with E-state index in [1.54, 1.807) is 0 Å². The Bertz CT molecular complexity index is 620. The van der Waals surface area contributed by atoms with Crippen LogP contribution in [0.15, 0.2) is 60.7 Å². The Balaban J connectivity index is 2.11. The molecule has 2 rings (SSSR count). The molecule has 6 heteroatoms. The summed E-state index contributed by atoms with van der Waals surface area (Å²) in [5.74, 6) is -0.780. The molecule has 2 aromatic rings. The van der Waals surface area contributed by atoms with Crippen LogP contribution >= 0.6 is 0 Å². The quantitative estimate of drug-likeness (QED) is 0.502. The van der Waals surface area contributed by atoms with E-state index in [0.717, 1.165) is 11.1 Å². The third-order valence-electron chi connectivity index (χ3n) is 3.50. The van der Waals surface area contributed by atoms with E-state index in [1.165, 1.54) is 0 Å². The van der Waals surface area contributed by atoms with Gasteiger partial charge in [-0.25, -0.2) is 4.79 Å². The molecule has 0 aliphatic heterocycles. The SMILES string of the molecule is NC(c1ccccc1)C(OOC(=O)CC(O)CO)c1ccccc1. The van der Waals surface area contributed by atoms with Crippen molar-refractivity contribution in [3.05, 3.63) is 71.8 Å². The third-order valence-corrected chi connectivity index (χ3v) is 3.50. The number of benzene rings is 2. The van der Waals surface area contributed by atoms with Gasteiger partial charge in [-0.15, -0.1) is 0 Å². The Hall–Kier alpha value is -2.25. The highest BCUT2D eigenvalue weighted by Crippen LogP contribution is 2.30. The van der Waals surface area contributed by atoms with Crippen molar-refractivity contribution in [1.29, 1.82) is 0 Å². The number of rotatable bonds is 8. The maximum Gasteiger partial charge on any atom is 0.345 e. The minimum Gasteiger partial charge on any atom is -0.394 e. The van der Waals surface area contributed by atoms with Crippen molar-refractivity contribution in [1.82, 2.24) is 0 Å². The van der Waals surface area contributed by atoms with E-state index >= 15 is 0 Å². The lowest BCUT2D eigenvalue weighted by molar-refractivity contribution is -0.305. The van der Waals surface area contributed by atoms with Gasteiger partial charge in [-0.05, 0) is 11.1 Å². The summed E-state index contributed by atoms with van der Waals surface area (Å²) in [6.45, 7) is -0.527. The second-order valence-corrected chi connectivity index (χ2v) is 5.36. The largest absolute Gasteiger partial charge is 0.394 e. The first-order valence-corrected chi connectivity index (χ1v) is 7.62. The first-order valence-electron chi connectivity index (χ1n) is 7.62. The molecular weight excluding hydrogens is 310 g/mol. The van der Waals surface area contributed by atoms with E-state index in [1.807, 2.05) is 60.7 Å². The van der Waals surface area contributed by atoms with Gasteiger partial charge in [0.15, 0.2) is 0 Å². The van der Waals surface area contributed by atoms with Crippen molar-refractivity contribution in [2.75, 3.05) is 6.61 Å². The number of carbonyl (C=O) groups is 1. The number of nitrogens with two attached hydrogens (primary N) is 1. The van der Waals surface area contributed by atoms with Crippen molar-refractivity contribution in [2.24, 2.45) is 5.73 Å². The van der Waals surface area contributed by atoms with E-state index < -0.39 is 30.8 Å². The van der Waals surface area contributed by atoms with Gasteiger partial charge in [0.05, 0.1) is 25.2 Å². The van der Waals surface area contributed by atoms with Crippen LogP contribution in [0.25, 0.3) is 0 Å². The average molecular weight is 331 g/mol. The Morgan fingerprint density at radius 3 is 2.08 bits per heavy atom. The molecule has 0 saturated carbocycles. The number of carbonyl (C=O) groups excluding carboxylic acids is 1. The molecule has 0 fully saturated rings. The van der Waals surface area contributed by atoms with Crippen LogP contribution in [0.1, 0.15) is 29.7 Å². The van der Waals surface area contributed by atoms with Crippen molar-refractivity contribution in [2.45, 2.75) is 24.7 Å². The van der Waals surface area contributed by atoms with Crippen LogP contribution < -0.4 is 5.73 Å². The maximum absolute atomic E-state index is 11.6. The van der Waals surface area contributed by atoms with Crippen LogP contribution in [0.5, 0.6) is 0 Å². The van der Waals surface area contributed by atoms with E-state index in [4.69, 9.17) is 20.6 Å². The molecule has 0 radical (unpaired) electrons. The van der Waals surface area contributed by atoms with E-state index in [0.29, 0.717) is 0 Å². The highest BCUT2D eigenvalue weighted by atomic mass is 17.2. The minimum absolute atomic E-state index is 0.363. The molecule has 3 unspecified atom stereocenters. The van der Waals surface area contributed by atoms with Crippen LogP contribution in [0.2, 0.25) is 0 Å². The normalized spacial score (nSPS) is 14.6. The first-order chi connectivity index (χ1) is 11.6. The molecule has 128 valence electrons. The first kappa shape index (κ1) is 18.1. The number of hydrogen-bond donors (Lipinski definition) is 3. The summed E-state index contributed by atoms with van der Waals surface area (Å²) in [7, 11) is 0. The summed E-state index contributed by atoms with van der Waals surface area (Å²) in [5.41, 5.74) is 7.86. The summed E-state index contributed by atoms with van der Waals surface area (Å²) in [4.78, 5) is 21.7. The molecule has 0 aliphatic carbocycles. The predicted molar refractivity (Wildman–Crippen MR) is 87.4 cm³/mol. The number of aliphatic hydroxyl groups excluding tert-OH is 2. The molecule has 4 N–H and O–H groups in total. The Kier molecular flexibility index (Phi) is 6.89. The standard InChI is InChI=1S/C18H21NO5/c19-17(13-7-3-1-4-8-13)18(14-9-5-2-6-10-14)24-23-16(22)11-15(21)12-20/h1-10,15,17-18,20-21H,11-12,19H2. The lowest BCUT2D eigenvalue weighted by Gasteiger charge is -2.23. The fourth-order valence-electron chi connectivity index (χ4n) is 2.21. The zero-order chi connectivity index (χ0) is 17.4. The highest BCUT2D eigenvalue weighted by Gasteiger charge is 2.25. The molecule has 24 heavy (non-hydrogen) atoms. The summed E-state index contributed by atoms with van der Waals surface area (Å²) >= 11 is 0. The molecule has 0 saturated heterocycles. The summed E-state index contributed by atoms with van der Waals surface area (Å²) in [6.07, 6.45) is -2.25.